The van der Waals surface area contributed by atoms with E-state index in [1.807, 2.05) is 0 Å². The van der Waals surface area contributed by atoms with Crippen molar-refractivity contribution in [3.8, 4) is 17.2 Å². The molecule has 3 N–H and O–H groups in total. The lowest BCUT2D eigenvalue weighted by atomic mass is 10.1. The Balaban J connectivity index is 1.64. The first-order valence-electron chi connectivity index (χ1n) is 11.4. The highest BCUT2D eigenvalue weighted by atomic mass is 19.4. The molecule has 11 heteroatoms. The van der Waals surface area contributed by atoms with Gasteiger partial charge in [-0.1, -0.05) is 30.3 Å². The third kappa shape index (κ3) is 4.32. The molecule has 2 aromatic heterocycles. The lowest BCUT2D eigenvalue weighted by Gasteiger charge is -2.13. The van der Waals surface area contributed by atoms with Crippen molar-refractivity contribution in [2.24, 2.45) is 0 Å². The van der Waals surface area contributed by atoms with Crippen molar-refractivity contribution in [1.29, 1.82) is 0 Å². The van der Waals surface area contributed by atoms with E-state index in [0.29, 0.717) is 28.1 Å². The summed E-state index contributed by atoms with van der Waals surface area (Å²) in [6.07, 6.45) is -4.57. The van der Waals surface area contributed by atoms with E-state index in [-0.39, 0.29) is 34.8 Å². The molecule has 5 aromatic rings. The first-order valence-corrected chi connectivity index (χ1v) is 11.4. The Hall–Kier alpha value is -4.80. The number of aromatic nitrogens is 3. The number of benzene rings is 3. The van der Waals surface area contributed by atoms with Crippen LogP contribution in [0.15, 0.2) is 66.7 Å². The number of hydrogen-bond acceptors (Lipinski definition) is 6. The van der Waals surface area contributed by atoms with Gasteiger partial charge in [0.2, 0.25) is 0 Å². The minimum atomic E-state index is -4.57. The SMILES string of the molecule is COc1cccc(CNC(=O)c2c(N)n(-c3cccc(C(F)(F)F)c3)c3nc4ccccc4nc23)c1OC. The molecule has 0 atom stereocenters. The maximum Gasteiger partial charge on any atom is 0.416 e. The zero-order valence-electron chi connectivity index (χ0n) is 20.3. The van der Waals surface area contributed by atoms with Gasteiger partial charge in [-0.15, -0.1) is 0 Å². The second-order valence-electron chi connectivity index (χ2n) is 8.36. The molecule has 5 rings (SSSR count). The van der Waals surface area contributed by atoms with Crippen molar-refractivity contribution in [3.63, 3.8) is 0 Å². The monoisotopic (exact) mass is 521 g/mol. The molecule has 0 radical (unpaired) electrons. The Morgan fingerprint density at radius 2 is 1.68 bits per heavy atom. The molecule has 1 amide bonds. The second-order valence-corrected chi connectivity index (χ2v) is 8.36. The summed E-state index contributed by atoms with van der Waals surface area (Å²) in [5.41, 5.74) is 7.64. The van der Waals surface area contributed by atoms with Crippen molar-refractivity contribution >= 4 is 33.9 Å². The van der Waals surface area contributed by atoms with Gasteiger partial charge in [0.15, 0.2) is 17.1 Å². The van der Waals surface area contributed by atoms with Crippen LogP contribution in [-0.2, 0) is 12.7 Å². The standard InChI is InChI=1S/C27H22F3N5O3/c1-37-20-12-5-7-15(23(20)38-2)14-32-26(36)21-22-25(34-19-11-4-3-10-18(19)33-22)35(24(21)31)17-9-6-8-16(13-17)27(28,29)30/h3-13H,14,31H2,1-2H3,(H,32,36). The fourth-order valence-electron chi connectivity index (χ4n) is 4.32. The first-order chi connectivity index (χ1) is 18.2. The van der Waals surface area contributed by atoms with E-state index < -0.39 is 17.6 Å². The number of rotatable bonds is 6. The average molecular weight is 521 g/mol. The van der Waals surface area contributed by atoms with E-state index in [9.17, 15) is 18.0 Å². The summed E-state index contributed by atoms with van der Waals surface area (Å²) in [5, 5.41) is 2.81. The fourth-order valence-corrected chi connectivity index (χ4v) is 4.32. The van der Waals surface area contributed by atoms with E-state index >= 15 is 0 Å². The molecule has 0 aliphatic carbocycles. The number of anilines is 1. The lowest BCUT2D eigenvalue weighted by molar-refractivity contribution is -0.137. The topological polar surface area (TPSA) is 104 Å². The number of nitrogen functional groups attached to an aromatic ring is 1. The highest BCUT2D eigenvalue weighted by Crippen LogP contribution is 2.35. The molecule has 0 fully saturated rings. The number of ether oxygens (including phenoxy) is 2. The number of hydrogen-bond donors (Lipinski definition) is 2. The van der Waals surface area contributed by atoms with Crippen LogP contribution in [-0.4, -0.2) is 34.7 Å². The first kappa shape index (κ1) is 24.9. The number of para-hydroxylation sites is 3. The van der Waals surface area contributed by atoms with Gasteiger partial charge < -0.3 is 20.5 Å². The normalized spacial score (nSPS) is 11.6. The van der Waals surface area contributed by atoms with Gasteiger partial charge in [0.1, 0.15) is 16.9 Å². The number of amides is 1. The smallest absolute Gasteiger partial charge is 0.416 e. The summed E-state index contributed by atoms with van der Waals surface area (Å²) in [5.74, 6) is 0.287. The number of carbonyl (C=O) groups excluding carboxylic acids is 1. The molecule has 2 heterocycles. The largest absolute Gasteiger partial charge is 0.493 e. The molecule has 0 bridgehead atoms. The zero-order valence-corrected chi connectivity index (χ0v) is 20.3. The Labute approximate surface area is 214 Å². The van der Waals surface area contributed by atoms with Crippen LogP contribution in [0.3, 0.4) is 0 Å². The van der Waals surface area contributed by atoms with Crippen LogP contribution in [0.4, 0.5) is 19.0 Å². The van der Waals surface area contributed by atoms with E-state index in [4.69, 9.17) is 15.2 Å². The van der Waals surface area contributed by atoms with E-state index in [0.717, 1.165) is 12.1 Å². The van der Waals surface area contributed by atoms with Gasteiger partial charge in [-0.25, -0.2) is 9.97 Å². The number of alkyl halides is 3. The van der Waals surface area contributed by atoms with Crippen LogP contribution in [0.5, 0.6) is 11.5 Å². The predicted molar refractivity (Wildman–Crippen MR) is 137 cm³/mol. The van der Waals surface area contributed by atoms with Gasteiger partial charge >= 0.3 is 6.18 Å². The highest BCUT2D eigenvalue weighted by molar-refractivity contribution is 6.11. The fraction of sp³-hybridized carbons (Fsp3) is 0.148. The van der Waals surface area contributed by atoms with Gasteiger partial charge in [0.25, 0.3) is 5.91 Å². The van der Waals surface area contributed by atoms with Crippen molar-refractivity contribution in [2.45, 2.75) is 12.7 Å². The van der Waals surface area contributed by atoms with Crippen molar-refractivity contribution in [3.05, 3.63) is 83.4 Å². The molecule has 0 spiro atoms. The molecule has 0 aliphatic heterocycles. The van der Waals surface area contributed by atoms with Gasteiger partial charge in [-0.05, 0) is 36.4 Å². The molecule has 0 unspecified atom stereocenters. The summed E-state index contributed by atoms with van der Waals surface area (Å²) in [6, 6.07) is 16.9. The minimum absolute atomic E-state index is 0.00229. The molecule has 38 heavy (non-hydrogen) atoms. The Bertz CT molecular complexity index is 1680. The number of nitrogens with one attached hydrogen (secondary N) is 1. The van der Waals surface area contributed by atoms with Crippen LogP contribution in [0.2, 0.25) is 0 Å². The number of fused-ring (bicyclic) bond motifs is 2. The molecular weight excluding hydrogens is 499 g/mol. The summed E-state index contributed by atoms with van der Waals surface area (Å²) in [4.78, 5) is 22.7. The summed E-state index contributed by atoms with van der Waals surface area (Å²) < 4.78 is 52.4. The molecule has 0 aliphatic rings. The number of nitrogens with two attached hydrogens (primary N) is 1. The maximum absolute atomic E-state index is 13.5. The molecule has 0 saturated heterocycles. The quantitative estimate of drug-likeness (QED) is 0.321. The van der Waals surface area contributed by atoms with E-state index in [2.05, 4.69) is 15.3 Å². The highest BCUT2D eigenvalue weighted by Gasteiger charge is 2.31. The summed E-state index contributed by atoms with van der Waals surface area (Å²) in [7, 11) is 3.00. The molecular formula is C27H22F3N5O3. The van der Waals surface area contributed by atoms with Crippen LogP contribution >= 0.6 is 0 Å². The van der Waals surface area contributed by atoms with Crippen LogP contribution < -0.4 is 20.5 Å². The molecule has 0 saturated carbocycles. The zero-order chi connectivity index (χ0) is 27.0. The van der Waals surface area contributed by atoms with Crippen molar-refractivity contribution in [2.75, 3.05) is 20.0 Å². The third-order valence-corrected chi connectivity index (χ3v) is 6.08. The minimum Gasteiger partial charge on any atom is -0.493 e. The number of nitrogens with zero attached hydrogens (tertiary/aromatic N) is 3. The lowest BCUT2D eigenvalue weighted by Crippen LogP contribution is -2.24. The van der Waals surface area contributed by atoms with Gasteiger partial charge in [0, 0.05) is 17.8 Å². The van der Waals surface area contributed by atoms with Crippen LogP contribution in [0.1, 0.15) is 21.5 Å². The number of halogens is 3. The van der Waals surface area contributed by atoms with Crippen molar-refractivity contribution < 1.29 is 27.4 Å². The Kier molecular flexibility index (Phi) is 6.27. The van der Waals surface area contributed by atoms with Gasteiger partial charge in [-0.3, -0.25) is 9.36 Å². The van der Waals surface area contributed by atoms with Gasteiger partial charge in [-0.2, -0.15) is 13.2 Å². The Morgan fingerprint density at radius 1 is 0.974 bits per heavy atom. The van der Waals surface area contributed by atoms with Crippen LogP contribution in [0, 0.1) is 0 Å². The molecule has 194 valence electrons. The van der Waals surface area contributed by atoms with E-state index in [1.165, 1.54) is 30.9 Å². The molecule has 8 nitrogen and oxygen atoms in total. The summed E-state index contributed by atoms with van der Waals surface area (Å²) in [6.45, 7) is 0.0654. The van der Waals surface area contributed by atoms with E-state index in [1.54, 1.807) is 42.5 Å². The second kappa shape index (κ2) is 9.58. The maximum atomic E-state index is 13.5. The third-order valence-electron chi connectivity index (χ3n) is 6.08. The summed E-state index contributed by atoms with van der Waals surface area (Å²) >= 11 is 0. The predicted octanol–water partition coefficient (Wildman–Crippen LogP) is 5.12. The molecule has 3 aromatic carbocycles. The van der Waals surface area contributed by atoms with Gasteiger partial charge in [0.05, 0.1) is 30.8 Å². The average Bonchev–Trinajstić information content (AvgIpc) is 3.20. The Morgan fingerprint density at radius 3 is 2.37 bits per heavy atom. The number of carbonyl (C=O) groups is 1. The van der Waals surface area contributed by atoms with Crippen molar-refractivity contribution in [1.82, 2.24) is 19.9 Å². The van der Waals surface area contributed by atoms with Crippen LogP contribution in [0.25, 0.3) is 27.9 Å². The number of methoxy groups -OCH3 is 2.